The lowest BCUT2D eigenvalue weighted by molar-refractivity contribution is -0.133. The number of amides is 1. The molecule has 0 radical (unpaired) electrons. The van der Waals surface area contributed by atoms with Gasteiger partial charge in [-0.25, -0.2) is 0 Å². The summed E-state index contributed by atoms with van der Waals surface area (Å²) in [6.07, 6.45) is 3.26. The molecule has 4 rings (SSSR count). The second kappa shape index (κ2) is 7.91. The molecule has 0 bridgehead atoms. The Hall–Kier alpha value is -2.69. The van der Waals surface area contributed by atoms with Gasteiger partial charge < -0.3 is 20.3 Å². The highest BCUT2D eigenvalue weighted by Gasteiger charge is 2.26. The van der Waals surface area contributed by atoms with Gasteiger partial charge in [0.25, 0.3) is 0 Å². The number of carbonyl (C=O) groups excluding carboxylic acids is 1. The van der Waals surface area contributed by atoms with Crippen LogP contribution in [0.25, 0.3) is 0 Å². The van der Waals surface area contributed by atoms with Gasteiger partial charge in [0.1, 0.15) is 11.8 Å². The first-order valence-corrected chi connectivity index (χ1v) is 9.79. The van der Waals surface area contributed by atoms with Gasteiger partial charge in [0.15, 0.2) is 6.73 Å². The van der Waals surface area contributed by atoms with E-state index in [1.807, 2.05) is 30.0 Å². The predicted octanol–water partition coefficient (Wildman–Crippen LogP) is 3.73. The zero-order chi connectivity index (χ0) is 18.6. The molecule has 0 aromatic heterocycles. The zero-order valence-electron chi connectivity index (χ0n) is 15.8. The van der Waals surface area contributed by atoms with Crippen molar-refractivity contribution in [2.24, 2.45) is 5.92 Å². The van der Waals surface area contributed by atoms with E-state index in [1.54, 1.807) is 0 Å². The van der Waals surface area contributed by atoms with Crippen molar-refractivity contribution in [3.8, 4) is 5.75 Å². The van der Waals surface area contributed by atoms with Crippen molar-refractivity contribution >= 4 is 17.3 Å². The second-order valence-corrected chi connectivity index (χ2v) is 7.50. The van der Waals surface area contributed by atoms with Gasteiger partial charge in [-0.3, -0.25) is 4.79 Å². The minimum atomic E-state index is -0.247. The third-order valence-corrected chi connectivity index (χ3v) is 5.52. The maximum atomic E-state index is 12.8. The normalized spacial score (nSPS) is 17.6. The fourth-order valence-corrected chi connectivity index (χ4v) is 3.96. The summed E-state index contributed by atoms with van der Waals surface area (Å²) in [7, 11) is 0. The Bertz CT molecular complexity index is 785. The van der Waals surface area contributed by atoms with E-state index in [0.29, 0.717) is 12.6 Å². The Morgan fingerprint density at radius 3 is 2.78 bits per heavy atom. The van der Waals surface area contributed by atoms with Crippen molar-refractivity contribution in [1.82, 2.24) is 4.90 Å². The highest BCUT2D eigenvalue weighted by Crippen LogP contribution is 2.32. The predicted molar refractivity (Wildman–Crippen MR) is 108 cm³/mol. The highest BCUT2D eigenvalue weighted by molar-refractivity contribution is 5.84. The molecular formula is C22H27N3O2. The van der Waals surface area contributed by atoms with E-state index in [9.17, 15) is 4.79 Å². The molecule has 2 aromatic carbocycles. The maximum absolute atomic E-state index is 12.8. The van der Waals surface area contributed by atoms with E-state index < -0.39 is 0 Å². The molecule has 1 saturated heterocycles. The number of hydrogen-bond donors (Lipinski definition) is 2. The van der Waals surface area contributed by atoms with Crippen molar-refractivity contribution in [2.45, 2.75) is 32.2 Å². The molecule has 0 aliphatic carbocycles. The lowest BCUT2D eigenvalue weighted by Gasteiger charge is -2.34. The molecule has 1 amide bonds. The summed E-state index contributed by atoms with van der Waals surface area (Å²) < 4.78 is 5.51. The lowest BCUT2D eigenvalue weighted by Crippen LogP contribution is -2.45. The van der Waals surface area contributed by atoms with Crippen LogP contribution in [0, 0.1) is 5.92 Å². The first kappa shape index (κ1) is 17.7. The number of carbonyl (C=O) groups is 1. The lowest BCUT2D eigenvalue weighted by atomic mass is 9.90. The van der Waals surface area contributed by atoms with Gasteiger partial charge in [-0.2, -0.15) is 0 Å². The van der Waals surface area contributed by atoms with Crippen LogP contribution in [0.3, 0.4) is 0 Å². The van der Waals surface area contributed by atoms with Crippen LogP contribution in [0.15, 0.2) is 48.5 Å². The van der Waals surface area contributed by atoms with Gasteiger partial charge in [0, 0.05) is 24.8 Å². The first-order chi connectivity index (χ1) is 13.2. The molecule has 142 valence electrons. The van der Waals surface area contributed by atoms with Gasteiger partial charge in [-0.1, -0.05) is 30.3 Å². The summed E-state index contributed by atoms with van der Waals surface area (Å²) in [5.74, 6) is 1.68. The van der Waals surface area contributed by atoms with Crippen LogP contribution in [0.1, 0.15) is 25.3 Å². The summed E-state index contributed by atoms with van der Waals surface area (Å²) in [5, 5.41) is 6.47. The number of likely N-dealkylation sites (tertiary alicyclic amines) is 1. The Balaban J connectivity index is 1.28. The fourth-order valence-electron chi connectivity index (χ4n) is 3.96. The van der Waals surface area contributed by atoms with Crippen LogP contribution in [0.5, 0.6) is 5.75 Å². The Morgan fingerprint density at radius 2 is 2.00 bits per heavy atom. The van der Waals surface area contributed by atoms with E-state index >= 15 is 0 Å². The van der Waals surface area contributed by atoms with Gasteiger partial charge >= 0.3 is 0 Å². The summed E-state index contributed by atoms with van der Waals surface area (Å²) >= 11 is 0. The average molecular weight is 365 g/mol. The topological polar surface area (TPSA) is 53.6 Å². The van der Waals surface area contributed by atoms with Gasteiger partial charge in [-0.05, 0) is 49.8 Å². The SMILES string of the molecule is CC(Nc1ccc2c(c1)OCN2)C(=O)N1CCC(Cc2ccccc2)CC1. The number of hydrogen-bond acceptors (Lipinski definition) is 4. The molecule has 0 spiro atoms. The number of nitrogens with zero attached hydrogens (tertiary/aromatic N) is 1. The molecule has 1 fully saturated rings. The van der Waals surface area contributed by atoms with E-state index in [4.69, 9.17) is 4.74 Å². The van der Waals surface area contributed by atoms with Crippen LogP contribution in [0.2, 0.25) is 0 Å². The van der Waals surface area contributed by atoms with Crippen LogP contribution in [-0.4, -0.2) is 36.7 Å². The molecule has 2 aliphatic rings. The summed E-state index contributed by atoms with van der Waals surface area (Å²) in [6, 6.07) is 16.3. The number of benzene rings is 2. The van der Waals surface area contributed by atoms with Crippen LogP contribution < -0.4 is 15.4 Å². The third-order valence-electron chi connectivity index (χ3n) is 5.52. The quantitative estimate of drug-likeness (QED) is 0.848. The minimum absolute atomic E-state index is 0.174. The van der Waals surface area contributed by atoms with Crippen molar-refractivity contribution in [1.29, 1.82) is 0 Å². The molecule has 2 N–H and O–H groups in total. The van der Waals surface area contributed by atoms with E-state index in [0.717, 1.165) is 49.5 Å². The third kappa shape index (κ3) is 4.18. The van der Waals surface area contributed by atoms with Gasteiger partial charge in [0.05, 0.1) is 5.69 Å². The van der Waals surface area contributed by atoms with Crippen molar-refractivity contribution < 1.29 is 9.53 Å². The van der Waals surface area contributed by atoms with Gasteiger partial charge in [-0.15, -0.1) is 0 Å². The monoisotopic (exact) mass is 365 g/mol. The van der Waals surface area contributed by atoms with Crippen molar-refractivity contribution in [3.05, 3.63) is 54.1 Å². The largest absolute Gasteiger partial charge is 0.471 e. The molecule has 0 saturated carbocycles. The number of rotatable bonds is 5. The number of fused-ring (bicyclic) bond motifs is 1. The first-order valence-electron chi connectivity index (χ1n) is 9.79. The fraction of sp³-hybridized carbons (Fsp3) is 0.409. The minimum Gasteiger partial charge on any atom is -0.471 e. The molecule has 1 unspecified atom stereocenters. The second-order valence-electron chi connectivity index (χ2n) is 7.50. The maximum Gasteiger partial charge on any atom is 0.244 e. The molecule has 2 heterocycles. The molecule has 2 aliphatic heterocycles. The van der Waals surface area contributed by atoms with E-state index in [2.05, 4.69) is 41.0 Å². The van der Waals surface area contributed by atoms with Crippen molar-refractivity contribution in [3.63, 3.8) is 0 Å². The van der Waals surface area contributed by atoms with Gasteiger partial charge in [0.2, 0.25) is 5.91 Å². The Kier molecular flexibility index (Phi) is 5.19. The number of piperidine rings is 1. The smallest absolute Gasteiger partial charge is 0.244 e. The molecule has 5 heteroatoms. The van der Waals surface area contributed by atoms with E-state index in [1.165, 1.54) is 5.56 Å². The zero-order valence-corrected chi connectivity index (χ0v) is 15.8. The summed E-state index contributed by atoms with van der Waals surface area (Å²) in [5.41, 5.74) is 3.31. The summed E-state index contributed by atoms with van der Waals surface area (Å²) in [4.78, 5) is 14.8. The summed E-state index contributed by atoms with van der Waals surface area (Å²) in [6.45, 7) is 4.13. The number of nitrogens with one attached hydrogen (secondary N) is 2. The standard InChI is InChI=1S/C22H27N3O2/c1-16(24-19-7-8-20-21(14-19)27-15-23-20)22(26)25-11-9-18(10-12-25)13-17-5-3-2-4-6-17/h2-8,14,16,18,23-24H,9-13,15H2,1H3. The molecular weight excluding hydrogens is 338 g/mol. The van der Waals surface area contributed by atoms with Crippen molar-refractivity contribution in [2.75, 3.05) is 30.5 Å². The Labute approximate surface area is 160 Å². The Morgan fingerprint density at radius 1 is 1.22 bits per heavy atom. The van der Waals surface area contributed by atoms with Crippen LogP contribution in [-0.2, 0) is 11.2 Å². The number of ether oxygens (including phenoxy) is 1. The molecule has 1 atom stereocenters. The highest BCUT2D eigenvalue weighted by atomic mass is 16.5. The van der Waals surface area contributed by atoms with Crippen LogP contribution >= 0.6 is 0 Å². The molecule has 2 aromatic rings. The average Bonchev–Trinajstić information content (AvgIpc) is 3.16. The number of anilines is 2. The van der Waals surface area contributed by atoms with Crippen LogP contribution in [0.4, 0.5) is 11.4 Å². The molecule has 5 nitrogen and oxygen atoms in total. The van der Waals surface area contributed by atoms with E-state index in [-0.39, 0.29) is 11.9 Å². The molecule has 27 heavy (non-hydrogen) atoms.